The molecule has 1 aliphatic rings. The zero-order valence-corrected chi connectivity index (χ0v) is 15.3. The topological polar surface area (TPSA) is 58.6 Å². The summed E-state index contributed by atoms with van der Waals surface area (Å²) in [6.07, 6.45) is 2.27. The molecule has 1 amide bonds. The SMILES string of the molecule is COC(=O)c1c(-c2ccc(C)cc2)csc1NC(=O)CN1CCCC1. The Balaban J connectivity index is 1.84. The Bertz CT molecular complexity index is 761. The van der Waals surface area contributed by atoms with Gasteiger partial charge in [0.25, 0.3) is 0 Å². The number of aryl methyl sites for hydroxylation is 1. The van der Waals surface area contributed by atoms with Gasteiger partial charge in [-0.3, -0.25) is 9.69 Å². The zero-order chi connectivity index (χ0) is 17.8. The number of benzene rings is 1. The smallest absolute Gasteiger partial charge is 0.341 e. The van der Waals surface area contributed by atoms with Crippen molar-refractivity contribution in [2.45, 2.75) is 19.8 Å². The Morgan fingerprint density at radius 1 is 1.20 bits per heavy atom. The summed E-state index contributed by atoms with van der Waals surface area (Å²) in [4.78, 5) is 26.8. The van der Waals surface area contributed by atoms with Crippen molar-refractivity contribution in [3.05, 3.63) is 40.8 Å². The number of hydrogen-bond donors (Lipinski definition) is 1. The van der Waals surface area contributed by atoms with Crippen LogP contribution in [-0.4, -0.2) is 43.5 Å². The van der Waals surface area contributed by atoms with E-state index in [1.54, 1.807) is 0 Å². The summed E-state index contributed by atoms with van der Waals surface area (Å²) in [7, 11) is 1.36. The summed E-state index contributed by atoms with van der Waals surface area (Å²) < 4.78 is 4.94. The molecule has 25 heavy (non-hydrogen) atoms. The molecule has 0 saturated carbocycles. The van der Waals surface area contributed by atoms with Gasteiger partial charge in [-0.1, -0.05) is 29.8 Å². The van der Waals surface area contributed by atoms with E-state index < -0.39 is 5.97 Å². The lowest BCUT2D eigenvalue weighted by Gasteiger charge is -2.14. The Kier molecular flexibility index (Phi) is 5.50. The van der Waals surface area contributed by atoms with E-state index in [0.29, 0.717) is 17.1 Å². The molecule has 5 nitrogen and oxygen atoms in total. The van der Waals surface area contributed by atoms with Crippen LogP contribution >= 0.6 is 11.3 Å². The van der Waals surface area contributed by atoms with Crippen molar-refractivity contribution in [2.24, 2.45) is 0 Å². The second-order valence-electron chi connectivity index (χ2n) is 6.24. The van der Waals surface area contributed by atoms with Crippen LogP contribution in [0.1, 0.15) is 28.8 Å². The van der Waals surface area contributed by atoms with E-state index in [1.165, 1.54) is 18.4 Å². The Morgan fingerprint density at radius 2 is 1.88 bits per heavy atom. The van der Waals surface area contributed by atoms with Gasteiger partial charge in [0.2, 0.25) is 5.91 Å². The highest BCUT2D eigenvalue weighted by atomic mass is 32.1. The number of carbonyl (C=O) groups excluding carboxylic acids is 2. The first-order chi connectivity index (χ1) is 12.1. The molecule has 1 fully saturated rings. The van der Waals surface area contributed by atoms with Crippen molar-refractivity contribution in [2.75, 3.05) is 32.1 Å². The lowest BCUT2D eigenvalue weighted by atomic mass is 10.0. The van der Waals surface area contributed by atoms with E-state index in [2.05, 4.69) is 10.2 Å². The highest BCUT2D eigenvalue weighted by Gasteiger charge is 2.23. The molecule has 132 valence electrons. The number of ether oxygens (including phenoxy) is 1. The summed E-state index contributed by atoms with van der Waals surface area (Å²) >= 11 is 1.35. The number of nitrogens with zero attached hydrogens (tertiary/aromatic N) is 1. The number of amides is 1. The highest BCUT2D eigenvalue weighted by molar-refractivity contribution is 7.15. The van der Waals surface area contributed by atoms with Gasteiger partial charge in [0.05, 0.1) is 13.7 Å². The van der Waals surface area contributed by atoms with Crippen LogP contribution in [0.3, 0.4) is 0 Å². The highest BCUT2D eigenvalue weighted by Crippen LogP contribution is 2.36. The number of thiophene rings is 1. The minimum atomic E-state index is -0.437. The predicted molar refractivity (Wildman–Crippen MR) is 100 cm³/mol. The lowest BCUT2D eigenvalue weighted by molar-refractivity contribution is -0.117. The van der Waals surface area contributed by atoms with Crippen LogP contribution < -0.4 is 5.32 Å². The fourth-order valence-corrected chi connectivity index (χ4v) is 3.98. The van der Waals surface area contributed by atoms with Crippen molar-refractivity contribution in [1.29, 1.82) is 0 Å². The van der Waals surface area contributed by atoms with E-state index >= 15 is 0 Å². The zero-order valence-electron chi connectivity index (χ0n) is 14.5. The molecule has 1 N–H and O–H groups in total. The largest absolute Gasteiger partial charge is 0.465 e. The maximum atomic E-state index is 12.3. The maximum absolute atomic E-state index is 12.3. The van der Waals surface area contributed by atoms with Crippen LogP contribution in [-0.2, 0) is 9.53 Å². The number of esters is 1. The summed E-state index contributed by atoms with van der Waals surface area (Å²) in [5.74, 6) is -0.530. The molecular weight excluding hydrogens is 336 g/mol. The van der Waals surface area contributed by atoms with E-state index in [0.717, 1.165) is 42.6 Å². The molecular formula is C19H22N2O3S. The molecule has 0 radical (unpaired) electrons. The Hall–Kier alpha value is -2.18. The summed E-state index contributed by atoms with van der Waals surface area (Å²) in [6.45, 7) is 4.29. The van der Waals surface area contributed by atoms with Crippen LogP contribution in [0, 0.1) is 6.92 Å². The van der Waals surface area contributed by atoms with Gasteiger partial charge in [-0.25, -0.2) is 4.79 Å². The van der Waals surface area contributed by atoms with Gasteiger partial charge >= 0.3 is 5.97 Å². The fraction of sp³-hybridized carbons (Fsp3) is 0.368. The monoisotopic (exact) mass is 358 g/mol. The molecule has 0 atom stereocenters. The Morgan fingerprint density at radius 3 is 2.52 bits per heavy atom. The van der Waals surface area contributed by atoms with Crippen LogP contribution in [0.5, 0.6) is 0 Å². The van der Waals surface area contributed by atoms with Crippen molar-refractivity contribution in [1.82, 2.24) is 4.90 Å². The summed E-state index contributed by atoms with van der Waals surface area (Å²) in [5.41, 5.74) is 3.29. The van der Waals surface area contributed by atoms with Gasteiger partial charge < -0.3 is 10.1 Å². The van der Waals surface area contributed by atoms with Gasteiger partial charge in [-0.2, -0.15) is 0 Å². The molecule has 0 unspecified atom stereocenters. The number of methoxy groups -OCH3 is 1. The minimum Gasteiger partial charge on any atom is -0.465 e. The Labute approximate surface area is 151 Å². The van der Waals surface area contributed by atoms with E-state index in [4.69, 9.17) is 4.74 Å². The molecule has 3 rings (SSSR count). The normalized spacial score (nSPS) is 14.5. The molecule has 0 aliphatic carbocycles. The minimum absolute atomic E-state index is 0.0932. The number of likely N-dealkylation sites (tertiary alicyclic amines) is 1. The third kappa shape index (κ3) is 4.08. The molecule has 2 heterocycles. The molecule has 2 aromatic rings. The summed E-state index contributed by atoms with van der Waals surface area (Å²) in [5, 5.41) is 5.33. The van der Waals surface area contributed by atoms with Crippen LogP contribution in [0.4, 0.5) is 5.00 Å². The van der Waals surface area contributed by atoms with Crippen molar-refractivity contribution in [3.8, 4) is 11.1 Å². The summed E-state index contributed by atoms with van der Waals surface area (Å²) in [6, 6.07) is 7.94. The van der Waals surface area contributed by atoms with E-state index in [-0.39, 0.29) is 5.91 Å². The first-order valence-electron chi connectivity index (χ1n) is 8.37. The van der Waals surface area contributed by atoms with Crippen molar-refractivity contribution in [3.63, 3.8) is 0 Å². The second-order valence-corrected chi connectivity index (χ2v) is 7.12. The van der Waals surface area contributed by atoms with Gasteiger partial charge in [-0.05, 0) is 38.4 Å². The molecule has 0 spiro atoms. The number of hydrogen-bond acceptors (Lipinski definition) is 5. The van der Waals surface area contributed by atoms with Crippen molar-refractivity contribution < 1.29 is 14.3 Å². The third-order valence-corrected chi connectivity index (χ3v) is 5.26. The van der Waals surface area contributed by atoms with E-state index in [1.807, 2.05) is 36.6 Å². The number of anilines is 1. The number of carbonyl (C=O) groups is 2. The fourth-order valence-electron chi connectivity index (χ4n) is 3.01. The molecule has 1 aromatic heterocycles. The first kappa shape index (κ1) is 17.6. The first-order valence-corrected chi connectivity index (χ1v) is 9.25. The number of rotatable bonds is 5. The second kappa shape index (κ2) is 7.80. The number of nitrogens with one attached hydrogen (secondary N) is 1. The lowest BCUT2D eigenvalue weighted by Crippen LogP contribution is -2.31. The average molecular weight is 358 g/mol. The van der Waals surface area contributed by atoms with Crippen molar-refractivity contribution >= 4 is 28.2 Å². The quantitative estimate of drug-likeness (QED) is 0.831. The van der Waals surface area contributed by atoms with Gasteiger partial charge in [0.15, 0.2) is 0 Å². The third-order valence-electron chi connectivity index (χ3n) is 4.36. The molecule has 1 saturated heterocycles. The van der Waals surface area contributed by atoms with Gasteiger partial charge in [0, 0.05) is 10.9 Å². The average Bonchev–Trinajstić information content (AvgIpc) is 3.25. The van der Waals surface area contributed by atoms with Crippen LogP contribution in [0.2, 0.25) is 0 Å². The predicted octanol–water partition coefficient (Wildman–Crippen LogP) is 3.54. The van der Waals surface area contributed by atoms with Gasteiger partial charge in [-0.15, -0.1) is 11.3 Å². The standard InChI is InChI=1S/C19H22N2O3S/c1-13-5-7-14(8-6-13)15-12-25-18(17(15)19(23)24-2)20-16(22)11-21-9-3-4-10-21/h5-8,12H,3-4,9-11H2,1-2H3,(H,20,22). The molecule has 6 heteroatoms. The van der Waals surface area contributed by atoms with E-state index in [9.17, 15) is 9.59 Å². The van der Waals surface area contributed by atoms with Crippen LogP contribution in [0.25, 0.3) is 11.1 Å². The molecule has 1 aliphatic heterocycles. The molecule has 1 aromatic carbocycles. The molecule has 0 bridgehead atoms. The van der Waals surface area contributed by atoms with Crippen LogP contribution in [0.15, 0.2) is 29.6 Å². The maximum Gasteiger partial charge on any atom is 0.341 e. The van der Waals surface area contributed by atoms with Gasteiger partial charge in [0.1, 0.15) is 10.6 Å².